The zero-order valence-corrected chi connectivity index (χ0v) is 11.7. The summed E-state index contributed by atoms with van der Waals surface area (Å²) < 4.78 is 1.12. The summed E-state index contributed by atoms with van der Waals surface area (Å²) in [7, 11) is 0. The van der Waals surface area contributed by atoms with Gasteiger partial charge in [0.2, 0.25) is 4.47 Å². The van der Waals surface area contributed by atoms with E-state index in [1.54, 1.807) is 6.92 Å². The number of carboxylic acid groups (broad SMARTS) is 1. The summed E-state index contributed by atoms with van der Waals surface area (Å²) in [6.45, 7) is 1.69. The summed E-state index contributed by atoms with van der Waals surface area (Å²) in [6.07, 6.45) is 0. The molecule has 5 nitrogen and oxygen atoms in total. The van der Waals surface area contributed by atoms with Crippen LogP contribution in [0.4, 0.5) is 0 Å². The Hall–Kier alpha value is -0.700. The smallest absolute Gasteiger partial charge is 0.347 e. The van der Waals surface area contributed by atoms with Crippen molar-refractivity contribution in [3.8, 4) is 0 Å². The monoisotopic (exact) mass is 307 g/mol. The van der Waals surface area contributed by atoms with E-state index in [0.29, 0.717) is 20.3 Å². The van der Waals surface area contributed by atoms with Gasteiger partial charge in [-0.15, -0.1) is 21.5 Å². The van der Waals surface area contributed by atoms with Crippen molar-refractivity contribution >= 4 is 52.0 Å². The Morgan fingerprint density at radius 3 is 2.76 bits per heavy atom. The number of halogens is 1. The lowest BCUT2D eigenvalue weighted by atomic mass is 10.4. The number of carboxylic acids is 1. The topological polar surface area (TPSA) is 76.0 Å². The third-order valence-corrected chi connectivity index (χ3v) is 5.23. The Bertz CT molecular complexity index is 554. The van der Waals surface area contributed by atoms with Gasteiger partial charge >= 0.3 is 5.97 Å². The highest BCUT2D eigenvalue weighted by molar-refractivity contribution is 8.00. The van der Waals surface area contributed by atoms with Crippen molar-refractivity contribution in [1.29, 1.82) is 0 Å². The molecule has 2 heterocycles. The molecule has 2 aromatic heterocycles. The van der Waals surface area contributed by atoms with Gasteiger partial charge in [0.25, 0.3) is 0 Å². The van der Waals surface area contributed by atoms with Crippen molar-refractivity contribution in [1.82, 2.24) is 15.2 Å². The third-order valence-electron chi connectivity index (χ3n) is 1.73. The molecular formula is C8H6ClN3O2S3. The lowest BCUT2D eigenvalue weighted by Gasteiger charge is -1.90. The van der Waals surface area contributed by atoms with Crippen LogP contribution >= 0.6 is 46.0 Å². The molecule has 0 saturated heterocycles. The van der Waals surface area contributed by atoms with Crippen LogP contribution < -0.4 is 0 Å². The zero-order valence-electron chi connectivity index (χ0n) is 8.51. The molecule has 0 aliphatic heterocycles. The van der Waals surface area contributed by atoms with E-state index in [-0.39, 0.29) is 4.88 Å². The van der Waals surface area contributed by atoms with Gasteiger partial charge in [-0.2, -0.15) is 0 Å². The van der Waals surface area contributed by atoms with Gasteiger partial charge in [-0.1, -0.05) is 23.1 Å². The Morgan fingerprint density at radius 2 is 2.24 bits per heavy atom. The maximum atomic E-state index is 10.8. The molecule has 2 aromatic rings. The van der Waals surface area contributed by atoms with Crippen molar-refractivity contribution in [3.63, 3.8) is 0 Å². The van der Waals surface area contributed by atoms with E-state index in [0.717, 1.165) is 5.01 Å². The fraction of sp³-hybridized carbons (Fsp3) is 0.250. The molecule has 0 atom stereocenters. The molecule has 0 saturated carbocycles. The Morgan fingerprint density at radius 1 is 1.47 bits per heavy atom. The Labute approximate surface area is 114 Å². The second-order valence-corrected chi connectivity index (χ2v) is 6.80. The van der Waals surface area contributed by atoms with Gasteiger partial charge in [0.15, 0.2) is 4.34 Å². The van der Waals surface area contributed by atoms with Crippen LogP contribution in [0.25, 0.3) is 0 Å². The Balaban J connectivity index is 2.04. The summed E-state index contributed by atoms with van der Waals surface area (Å²) in [5.74, 6) is -0.345. The Kier molecular flexibility index (Phi) is 3.97. The SMILES string of the molecule is Cc1nc(SCc2nnc(Cl)s2)sc1C(=O)O. The quantitative estimate of drug-likeness (QED) is 0.875. The first-order valence-electron chi connectivity index (χ1n) is 4.37. The number of aromatic nitrogens is 3. The van der Waals surface area contributed by atoms with Gasteiger partial charge in [-0.05, 0) is 18.5 Å². The predicted octanol–water partition coefficient (Wildman–Crippen LogP) is 2.95. The number of thioether (sulfide) groups is 1. The molecule has 0 aromatic carbocycles. The number of carbonyl (C=O) groups is 1. The molecular weight excluding hydrogens is 302 g/mol. The van der Waals surface area contributed by atoms with Crippen LogP contribution in [0.3, 0.4) is 0 Å². The van der Waals surface area contributed by atoms with E-state index in [4.69, 9.17) is 16.7 Å². The molecule has 17 heavy (non-hydrogen) atoms. The largest absolute Gasteiger partial charge is 0.477 e. The van der Waals surface area contributed by atoms with Gasteiger partial charge in [-0.3, -0.25) is 0 Å². The number of aryl methyl sites for hydroxylation is 1. The van der Waals surface area contributed by atoms with Crippen molar-refractivity contribution in [3.05, 3.63) is 20.0 Å². The minimum Gasteiger partial charge on any atom is -0.477 e. The summed E-state index contributed by atoms with van der Waals surface area (Å²) in [5, 5.41) is 17.2. The fourth-order valence-electron chi connectivity index (χ4n) is 1.05. The first kappa shape index (κ1) is 12.7. The molecule has 1 N–H and O–H groups in total. The molecule has 0 bridgehead atoms. The van der Waals surface area contributed by atoms with E-state index in [1.165, 1.54) is 34.4 Å². The standard InChI is InChI=1S/C8H6ClN3O2S3/c1-3-5(6(13)14)17-8(10-3)15-2-4-11-12-7(9)16-4/h2H2,1H3,(H,13,14). The lowest BCUT2D eigenvalue weighted by Crippen LogP contribution is -1.94. The maximum absolute atomic E-state index is 10.8. The highest BCUT2D eigenvalue weighted by Gasteiger charge is 2.14. The van der Waals surface area contributed by atoms with Gasteiger partial charge in [0.1, 0.15) is 9.88 Å². The molecule has 0 amide bonds. The van der Waals surface area contributed by atoms with Crippen LogP contribution in [0.2, 0.25) is 4.47 Å². The number of nitrogens with zero attached hydrogens (tertiary/aromatic N) is 3. The number of rotatable bonds is 4. The molecule has 0 fully saturated rings. The van der Waals surface area contributed by atoms with Gasteiger partial charge in [0.05, 0.1) is 11.4 Å². The number of thiazole rings is 1. The zero-order chi connectivity index (χ0) is 12.4. The van der Waals surface area contributed by atoms with E-state index in [2.05, 4.69) is 15.2 Å². The van der Waals surface area contributed by atoms with Crippen LogP contribution in [-0.4, -0.2) is 26.3 Å². The average Bonchev–Trinajstić information content (AvgIpc) is 2.82. The van der Waals surface area contributed by atoms with Crippen LogP contribution in [-0.2, 0) is 5.75 Å². The van der Waals surface area contributed by atoms with Crippen LogP contribution in [0.5, 0.6) is 0 Å². The highest BCUT2D eigenvalue weighted by atomic mass is 35.5. The first-order chi connectivity index (χ1) is 8.06. The molecule has 0 unspecified atom stereocenters. The first-order valence-corrected chi connectivity index (χ1v) is 7.37. The van der Waals surface area contributed by atoms with Gasteiger partial charge in [0, 0.05) is 0 Å². The number of hydrogen-bond acceptors (Lipinski definition) is 7. The predicted molar refractivity (Wildman–Crippen MR) is 68.3 cm³/mol. The average molecular weight is 308 g/mol. The fourth-order valence-corrected chi connectivity index (χ4v) is 3.93. The molecule has 9 heteroatoms. The minimum absolute atomic E-state index is 0.280. The van der Waals surface area contributed by atoms with E-state index < -0.39 is 5.97 Å². The van der Waals surface area contributed by atoms with E-state index in [1.807, 2.05) is 0 Å². The van der Waals surface area contributed by atoms with Crippen molar-refractivity contribution in [2.24, 2.45) is 0 Å². The van der Waals surface area contributed by atoms with E-state index in [9.17, 15) is 4.79 Å². The lowest BCUT2D eigenvalue weighted by molar-refractivity contribution is 0.0701. The summed E-state index contributed by atoms with van der Waals surface area (Å²) in [5.41, 5.74) is 0.542. The highest BCUT2D eigenvalue weighted by Crippen LogP contribution is 2.30. The van der Waals surface area contributed by atoms with E-state index >= 15 is 0 Å². The number of hydrogen-bond donors (Lipinski definition) is 1. The summed E-state index contributed by atoms with van der Waals surface area (Å²) in [4.78, 5) is 15.3. The van der Waals surface area contributed by atoms with Crippen molar-refractivity contribution in [2.45, 2.75) is 17.0 Å². The van der Waals surface area contributed by atoms with Crippen molar-refractivity contribution < 1.29 is 9.90 Å². The second-order valence-electron chi connectivity index (χ2n) is 2.94. The third kappa shape index (κ3) is 3.15. The van der Waals surface area contributed by atoms with Gasteiger partial charge < -0.3 is 5.11 Å². The molecule has 2 rings (SSSR count). The summed E-state index contributed by atoms with van der Waals surface area (Å²) >= 11 is 9.57. The molecule has 90 valence electrons. The maximum Gasteiger partial charge on any atom is 0.347 e. The van der Waals surface area contributed by atoms with Crippen LogP contribution in [0.1, 0.15) is 20.4 Å². The van der Waals surface area contributed by atoms with Crippen LogP contribution in [0, 0.1) is 6.92 Å². The summed E-state index contributed by atoms with van der Waals surface area (Å²) in [6, 6.07) is 0. The number of aromatic carboxylic acids is 1. The van der Waals surface area contributed by atoms with Crippen molar-refractivity contribution in [2.75, 3.05) is 0 Å². The normalized spacial score (nSPS) is 10.7. The minimum atomic E-state index is -0.939. The molecule has 0 aliphatic carbocycles. The van der Waals surface area contributed by atoms with Gasteiger partial charge in [-0.25, -0.2) is 9.78 Å². The van der Waals surface area contributed by atoms with Crippen LogP contribution in [0.15, 0.2) is 4.34 Å². The molecule has 0 radical (unpaired) electrons. The molecule has 0 aliphatic rings. The molecule has 0 spiro atoms. The second kappa shape index (κ2) is 5.30.